The molecule has 1 N–H and O–H groups in total. The van der Waals surface area contributed by atoms with Gasteiger partial charge in [0.25, 0.3) is 0 Å². The smallest absolute Gasteiger partial charge is 0.0708 e. The molecule has 3 heteroatoms. The zero-order chi connectivity index (χ0) is 11.7. The van der Waals surface area contributed by atoms with Gasteiger partial charge in [-0.3, -0.25) is 4.98 Å². The summed E-state index contributed by atoms with van der Waals surface area (Å²) in [4.78, 5) is 4.56. The third kappa shape index (κ3) is 2.04. The van der Waals surface area contributed by atoms with Crippen LogP contribution in [0.3, 0.4) is 0 Å². The molecule has 1 aromatic heterocycles. The van der Waals surface area contributed by atoms with Gasteiger partial charge in [-0.15, -0.1) is 0 Å². The number of ether oxygens (including phenoxy) is 1. The number of nitrogens with one attached hydrogen (secondary N) is 1. The van der Waals surface area contributed by atoms with Crippen molar-refractivity contribution in [3.05, 3.63) is 41.6 Å². The number of hydrogen-bond donors (Lipinski definition) is 1. The van der Waals surface area contributed by atoms with Crippen LogP contribution in [-0.2, 0) is 4.74 Å². The van der Waals surface area contributed by atoms with E-state index in [4.69, 9.17) is 4.74 Å². The molecule has 3 rings (SSSR count). The first-order valence-electron chi connectivity index (χ1n) is 6.02. The second kappa shape index (κ2) is 4.43. The average molecular weight is 228 g/mol. The van der Waals surface area contributed by atoms with Crippen LogP contribution < -0.4 is 5.32 Å². The molecule has 1 aromatic carbocycles. The van der Waals surface area contributed by atoms with Gasteiger partial charge in [0.05, 0.1) is 24.8 Å². The highest BCUT2D eigenvalue weighted by molar-refractivity contribution is 5.82. The van der Waals surface area contributed by atoms with Gasteiger partial charge in [0.2, 0.25) is 0 Å². The lowest BCUT2D eigenvalue weighted by Gasteiger charge is -2.25. The van der Waals surface area contributed by atoms with Crippen LogP contribution in [0.1, 0.15) is 17.3 Å². The van der Waals surface area contributed by atoms with Crippen LogP contribution in [0.5, 0.6) is 0 Å². The van der Waals surface area contributed by atoms with Crippen LogP contribution in [0.25, 0.3) is 10.9 Å². The summed E-state index contributed by atoms with van der Waals surface area (Å²) in [7, 11) is 0. The van der Waals surface area contributed by atoms with E-state index < -0.39 is 0 Å². The van der Waals surface area contributed by atoms with E-state index in [1.165, 1.54) is 10.9 Å². The van der Waals surface area contributed by atoms with Crippen molar-refractivity contribution in [1.29, 1.82) is 0 Å². The Bertz CT molecular complexity index is 533. The van der Waals surface area contributed by atoms with E-state index in [1.54, 1.807) is 0 Å². The van der Waals surface area contributed by atoms with Crippen molar-refractivity contribution < 1.29 is 4.74 Å². The molecule has 2 heterocycles. The normalized spacial score (nSPS) is 20.6. The zero-order valence-electron chi connectivity index (χ0n) is 9.94. The predicted molar refractivity (Wildman–Crippen MR) is 68.0 cm³/mol. The number of aromatic nitrogens is 1. The van der Waals surface area contributed by atoms with Gasteiger partial charge in [-0.25, -0.2) is 0 Å². The number of morpholine rings is 1. The first-order valence-corrected chi connectivity index (χ1v) is 6.02. The summed E-state index contributed by atoms with van der Waals surface area (Å²) < 4.78 is 5.54. The maximum atomic E-state index is 5.54. The molecule has 17 heavy (non-hydrogen) atoms. The zero-order valence-corrected chi connectivity index (χ0v) is 9.94. The fraction of sp³-hybridized carbons (Fsp3) is 0.357. The van der Waals surface area contributed by atoms with Crippen molar-refractivity contribution in [3.8, 4) is 0 Å². The van der Waals surface area contributed by atoms with Crippen LogP contribution in [0, 0.1) is 6.92 Å². The lowest BCUT2D eigenvalue weighted by Crippen LogP contribution is -2.34. The Morgan fingerprint density at radius 2 is 2.24 bits per heavy atom. The summed E-state index contributed by atoms with van der Waals surface area (Å²) in [5, 5.41) is 4.73. The minimum Gasteiger partial charge on any atom is -0.378 e. The Morgan fingerprint density at radius 1 is 1.35 bits per heavy atom. The molecule has 0 amide bonds. The van der Waals surface area contributed by atoms with Gasteiger partial charge >= 0.3 is 0 Å². The van der Waals surface area contributed by atoms with Crippen molar-refractivity contribution in [2.24, 2.45) is 0 Å². The van der Waals surface area contributed by atoms with Crippen molar-refractivity contribution in [3.63, 3.8) is 0 Å². The lowest BCUT2D eigenvalue weighted by molar-refractivity contribution is 0.0773. The average Bonchev–Trinajstić information content (AvgIpc) is 2.39. The number of benzene rings is 1. The minimum absolute atomic E-state index is 0.287. The lowest BCUT2D eigenvalue weighted by atomic mass is 10.0. The fourth-order valence-electron chi connectivity index (χ4n) is 2.39. The monoisotopic (exact) mass is 228 g/mol. The Balaban J connectivity index is 2.13. The van der Waals surface area contributed by atoms with E-state index in [0.29, 0.717) is 0 Å². The Morgan fingerprint density at radius 3 is 3.06 bits per heavy atom. The summed E-state index contributed by atoms with van der Waals surface area (Å²) in [6, 6.07) is 10.7. The van der Waals surface area contributed by atoms with Crippen molar-refractivity contribution in [2.45, 2.75) is 13.0 Å². The van der Waals surface area contributed by atoms with Gasteiger partial charge in [0.15, 0.2) is 0 Å². The molecular formula is C14H16N2O. The van der Waals surface area contributed by atoms with Gasteiger partial charge < -0.3 is 10.1 Å². The number of nitrogens with zero attached hydrogens (tertiary/aromatic N) is 1. The van der Waals surface area contributed by atoms with E-state index >= 15 is 0 Å². The number of hydrogen-bond acceptors (Lipinski definition) is 3. The first-order chi connectivity index (χ1) is 8.34. The summed E-state index contributed by atoms with van der Waals surface area (Å²) in [5.74, 6) is 0. The highest BCUT2D eigenvalue weighted by atomic mass is 16.5. The van der Waals surface area contributed by atoms with Crippen LogP contribution in [0.2, 0.25) is 0 Å². The van der Waals surface area contributed by atoms with E-state index in [-0.39, 0.29) is 6.04 Å². The molecule has 0 bridgehead atoms. The molecule has 0 spiro atoms. The largest absolute Gasteiger partial charge is 0.378 e. The number of fused-ring (bicyclic) bond motifs is 1. The quantitative estimate of drug-likeness (QED) is 0.812. The van der Waals surface area contributed by atoms with Gasteiger partial charge in [0, 0.05) is 17.6 Å². The number of para-hydroxylation sites is 1. The molecule has 0 aliphatic carbocycles. The van der Waals surface area contributed by atoms with Crippen LogP contribution in [-0.4, -0.2) is 24.7 Å². The molecule has 0 radical (unpaired) electrons. The summed E-state index contributed by atoms with van der Waals surface area (Å²) in [6.07, 6.45) is 0. The highest BCUT2D eigenvalue weighted by Crippen LogP contribution is 2.25. The molecule has 3 nitrogen and oxygen atoms in total. The molecule has 2 aromatic rings. The maximum absolute atomic E-state index is 5.54. The summed E-state index contributed by atoms with van der Waals surface area (Å²) in [6.45, 7) is 4.51. The van der Waals surface area contributed by atoms with Crippen molar-refractivity contribution >= 4 is 10.9 Å². The Hall–Kier alpha value is -1.45. The summed E-state index contributed by atoms with van der Waals surface area (Å²) in [5.41, 5.74) is 3.42. The number of rotatable bonds is 1. The fourth-order valence-corrected chi connectivity index (χ4v) is 2.39. The second-order valence-corrected chi connectivity index (χ2v) is 4.45. The topological polar surface area (TPSA) is 34.1 Å². The van der Waals surface area contributed by atoms with E-state index in [1.807, 2.05) is 13.0 Å². The molecular weight excluding hydrogens is 212 g/mol. The van der Waals surface area contributed by atoms with E-state index in [0.717, 1.165) is 31.0 Å². The van der Waals surface area contributed by atoms with Gasteiger partial charge in [0.1, 0.15) is 0 Å². The first kappa shape index (κ1) is 10.7. The van der Waals surface area contributed by atoms with Crippen LogP contribution in [0.4, 0.5) is 0 Å². The summed E-state index contributed by atoms with van der Waals surface area (Å²) >= 11 is 0. The van der Waals surface area contributed by atoms with E-state index in [2.05, 4.69) is 34.6 Å². The van der Waals surface area contributed by atoms with Crippen molar-refractivity contribution in [1.82, 2.24) is 10.3 Å². The maximum Gasteiger partial charge on any atom is 0.0708 e. The Kier molecular flexibility index (Phi) is 2.79. The second-order valence-electron chi connectivity index (χ2n) is 4.45. The number of aryl methyl sites for hydroxylation is 1. The molecule has 88 valence electrons. The molecule has 1 aliphatic heterocycles. The predicted octanol–water partition coefficient (Wildman–Crippen LogP) is 2.20. The highest BCUT2D eigenvalue weighted by Gasteiger charge is 2.18. The SMILES string of the molecule is Cc1cc(C2COCCN2)c2ccccc2n1. The molecule has 1 aliphatic rings. The van der Waals surface area contributed by atoms with Gasteiger partial charge in [-0.05, 0) is 24.6 Å². The molecule has 1 saturated heterocycles. The number of pyridine rings is 1. The molecule has 0 saturated carbocycles. The van der Waals surface area contributed by atoms with Crippen LogP contribution >= 0.6 is 0 Å². The Labute approximate surface area is 101 Å². The van der Waals surface area contributed by atoms with Crippen LogP contribution in [0.15, 0.2) is 30.3 Å². The molecule has 1 unspecified atom stereocenters. The standard InChI is InChI=1S/C14H16N2O/c1-10-8-12(14-9-17-7-6-15-14)11-4-2-3-5-13(11)16-10/h2-5,8,14-15H,6-7,9H2,1H3. The van der Waals surface area contributed by atoms with Gasteiger partial charge in [-0.1, -0.05) is 18.2 Å². The third-order valence-corrected chi connectivity index (χ3v) is 3.17. The molecule has 1 atom stereocenters. The minimum atomic E-state index is 0.287. The van der Waals surface area contributed by atoms with Gasteiger partial charge in [-0.2, -0.15) is 0 Å². The van der Waals surface area contributed by atoms with Crippen molar-refractivity contribution in [2.75, 3.05) is 19.8 Å². The third-order valence-electron chi connectivity index (χ3n) is 3.17. The van der Waals surface area contributed by atoms with E-state index in [9.17, 15) is 0 Å². The molecule has 1 fully saturated rings.